The zero-order valence-corrected chi connectivity index (χ0v) is 14.2. The fraction of sp³-hybridized carbons (Fsp3) is 0.412. The Labute approximate surface area is 139 Å². The van der Waals surface area contributed by atoms with Gasteiger partial charge in [-0.05, 0) is 31.0 Å². The molecule has 23 heavy (non-hydrogen) atoms. The van der Waals surface area contributed by atoms with Crippen molar-refractivity contribution in [2.75, 3.05) is 20.4 Å². The molecule has 0 radical (unpaired) electrons. The first-order chi connectivity index (χ1) is 11.1. The van der Waals surface area contributed by atoms with Crippen LogP contribution >= 0.6 is 11.3 Å². The molecule has 0 unspecified atom stereocenters. The normalized spacial score (nSPS) is 12.4. The number of aryl methyl sites for hydroxylation is 2. The number of fused-ring (bicyclic) bond motifs is 1. The number of rotatable bonds is 6. The van der Waals surface area contributed by atoms with Crippen LogP contribution in [0, 0.1) is 6.92 Å². The number of carbonyl (C=O) groups is 1. The Bertz CT molecular complexity index is 699. The fourth-order valence-corrected chi connectivity index (χ4v) is 3.27. The highest BCUT2D eigenvalue weighted by atomic mass is 32.1. The second kappa shape index (κ2) is 7.00. The summed E-state index contributed by atoms with van der Waals surface area (Å²) in [5.74, 6) is 1.70. The molecule has 2 aromatic rings. The Morgan fingerprint density at radius 2 is 2.13 bits per heavy atom. The average Bonchev–Trinajstić information content (AvgIpc) is 3.18. The first-order valence-electron chi connectivity index (χ1n) is 7.65. The molecule has 1 aliphatic rings. The van der Waals surface area contributed by atoms with E-state index in [0.29, 0.717) is 12.8 Å². The van der Waals surface area contributed by atoms with Crippen molar-refractivity contribution in [3.05, 3.63) is 39.8 Å². The molecule has 0 N–H and O–H groups in total. The molecular weight excluding hydrogens is 312 g/mol. The summed E-state index contributed by atoms with van der Waals surface area (Å²) in [6.45, 7) is 3.01. The van der Waals surface area contributed by atoms with Crippen LogP contribution in [-0.2, 0) is 17.6 Å². The molecule has 0 aliphatic carbocycles. The first-order valence-corrected chi connectivity index (χ1v) is 8.53. The lowest BCUT2D eigenvalue weighted by Gasteiger charge is -2.17. The van der Waals surface area contributed by atoms with E-state index in [1.165, 1.54) is 4.88 Å². The molecule has 2 heterocycles. The van der Waals surface area contributed by atoms with E-state index in [1.54, 1.807) is 16.2 Å². The zero-order valence-electron chi connectivity index (χ0n) is 13.4. The van der Waals surface area contributed by atoms with Crippen molar-refractivity contribution >= 4 is 17.2 Å². The minimum absolute atomic E-state index is 0.157. The second-order valence-corrected chi connectivity index (χ2v) is 6.55. The van der Waals surface area contributed by atoms with Gasteiger partial charge in [0.05, 0.1) is 11.2 Å². The highest BCUT2D eigenvalue weighted by Gasteiger charge is 2.15. The lowest BCUT2D eigenvalue weighted by Crippen LogP contribution is -2.29. The molecule has 6 heteroatoms. The van der Waals surface area contributed by atoms with Crippen molar-refractivity contribution in [2.24, 2.45) is 0 Å². The van der Waals surface area contributed by atoms with Crippen molar-refractivity contribution in [1.29, 1.82) is 0 Å². The molecule has 1 aromatic heterocycles. The number of nitrogens with zero attached hydrogens (tertiary/aromatic N) is 2. The number of likely N-dealkylation sites (N-methyl/N-ethyl adjacent to an activating group) is 1. The Hall–Kier alpha value is -2.08. The molecular formula is C17H20N2O3S. The van der Waals surface area contributed by atoms with E-state index in [9.17, 15) is 4.79 Å². The number of hydrogen-bond acceptors (Lipinski definition) is 5. The molecule has 1 aliphatic heterocycles. The van der Waals surface area contributed by atoms with E-state index >= 15 is 0 Å². The topological polar surface area (TPSA) is 51.7 Å². The van der Waals surface area contributed by atoms with Gasteiger partial charge in [-0.2, -0.15) is 0 Å². The van der Waals surface area contributed by atoms with E-state index in [2.05, 4.69) is 4.98 Å². The van der Waals surface area contributed by atoms with E-state index in [1.807, 2.05) is 37.7 Å². The molecule has 1 aromatic carbocycles. The van der Waals surface area contributed by atoms with E-state index < -0.39 is 0 Å². The summed E-state index contributed by atoms with van der Waals surface area (Å²) in [5.41, 5.74) is 4.01. The molecule has 1 amide bonds. The number of aromatic nitrogens is 1. The van der Waals surface area contributed by atoms with Crippen LogP contribution in [-0.4, -0.2) is 36.2 Å². The summed E-state index contributed by atoms with van der Waals surface area (Å²) in [5, 5.41) is 0. The van der Waals surface area contributed by atoms with Crippen LogP contribution < -0.4 is 9.47 Å². The molecule has 122 valence electrons. The number of ether oxygens (including phenoxy) is 2. The van der Waals surface area contributed by atoms with Gasteiger partial charge in [-0.3, -0.25) is 4.79 Å². The standard InChI is InChI=1S/C17H20N2O3S/c1-12-16(23-10-18-12)7-8-19(2)17(20)6-4-13-3-5-14-15(9-13)22-11-21-14/h3,5,9-10H,4,6-8,11H2,1-2H3. The lowest BCUT2D eigenvalue weighted by atomic mass is 10.1. The maximum absolute atomic E-state index is 12.3. The number of hydrogen-bond donors (Lipinski definition) is 0. The van der Waals surface area contributed by atoms with Crippen LogP contribution in [0.5, 0.6) is 11.5 Å². The predicted octanol–water partition coefficient (Wildman–Crippen LogP) is 2.81. The van der Waals surface area contributed by atoms with Gasteiger partial charge < -0.3 is 14.4 Å². The van der Waals surface area contributed by atoms with Crippen molar-refractivity contribution in [3.8, 4) is 11.5 Å². The largest absolute Gasteiger partial charge is 0.454 e. The summed E-state index contributed by atoms with van der Waals surface area (Å²) in [4.78, 5) is 19.5. The lowest BCUT2D eigenvalue weighted by molar-refractivity contribution is -0.129. The van der Waals surface area contributed by atoms with Crippen LogP contribution in [0.3, 0.4) is 0 Å². The van der Waals surface area contributed by atoms with Gasteiger partial charge in [-0.15, -0.1) is 11.3 Å². The second-order valence-electron chi connectivity index (χ2n) is 5.61. The van der Waals surface area contributed by atoms with Crippen molar-refractivity contribution in [2.45, 2.75) is 26.2 Å². The summed E-state index contributed by atoms with van der Waals surface area (Å²) in [6, 6.07) is 5.84. The van der Waals surface area contributed by atoms with E-state index in [4.69, 9.17) is 9.47 Å². The summed E-state index contributed by atoms with van der Waals surface area (Å²) in [7, 11) is 1.86. The molecule has 0 saturated heterocycles. The highest BCUT2D eigenvalue weighted by molar-refractivity contribution is 7.09. The quantitative estimate of drug-likeness (QED) is 0.816. The van der Waals surface area contributed by atoms with Crippen molar-refractivity contribution < 1.29 is 14.3 Å². The van der Waals surface area contributed by atoms with Gasteiger partial charge in [0, 0.05) is 31.3 Å². The van der Waals surface area contributed by atoms with Crippen molar-refractivity contribution in [3.63, 3.8) is 0 Å². The molecule has 0 fully saturated rings. The van der Waals surface area contributed by atoms with E-state index in [-0.39, 0.29) is 12.7 Å². The van der Waals surface area contributed by atoms with Crippen LogP contribution in [0.2, 0.25) is 0 Å². The van der Waals surface area contributed by atoms with Crippen LogP contribution in [0.25, 0.3) is 0 Å². The van der Waals surface area contributed by atoms with Gasteiger partial charge in [0.25, 0.3) is 0 Å². The predicted molar refractivity (Wildman–Crippen MR) is 89.1 cm³/mol. The van der Waals surface area contributed by atoms with Gasteiger partial charge in [0.2, 0.25) is 12.7 Å². The van der Waals surface area contributed by atoms with Gasteiger partial charge in [-0.1, -0.05) is 6.07 Å². The minimum Gasteiger partial charge on any atom is -0.454 e. The van der Waals surface area contributed by atoms with Crippen molar-refractivity contribution in [1.82, 2.24) is 9.88 Å². The Kier molecular flexibility index (Phi) is 4.81. The molecule has 0 atom stereocenters. The highest BCUT2D eigenvalue weighted by Crippen LogP contribution is 2.32. The smallest absolute Gasteiger partial charge is 0.231 e. The third-order valence-electron chi connectivity index (χ3n) is 4.01. The summed E-state index contributed by atoms with van der Waals surface area (Å²) >= 11 is 1.65. The van der Waals surface area contributed by atoms with E-state index in [0.717, 1.165) is 35.7 Å². The number of carbonyl (C=O) groups excluding carboxylic acids is 1. The number of thiazole rings is 1. The van der Waals surface area contributed by atoms with Crippen LogP contribution in [0.4, 0.5) is 0 Å². The average molecular weight is 332 g/mol. The molecule has 0 saturated carbocycles. The Balaban J connectivity index is 1.48. The van der Waals surface area contributed by atoms with Gasteiger partial charge in [0.1, 0.15) is 0 Å². The Morgan fingerprint density at radius 1 is 1.30 bits per heavy atom. The molecule has 5 nitrogen and oxygen atoms in total. The molecule has 0 spiro atoms. The first kappa shape index (κ1) is 15.8. The zero-order chi connectivity index (χ0) is 16.2. The maximum atomic E-state index is 12.3. The fourth-order valence-electron chi connectivity index (χ4n) is 2.50. The third kappa shape index (κ3) is 3.82. The number of benzene rings is 1. The minimum atomic E-state index is 0.157. The van der Waals surface area contributed by atoms with Crippen LogP contribution in [0.1, 0.15) is 22.6 Å². The molecule has 3 rings (SSSR count). The molecule has 0 bridgehead atoms. The number of amides is 1. The van der Waals surface area contributed by atoms with Crippen LogP contribution in [0.15, 0.2) is 23.7 Å². The summed E-state index contributed by atoms with van der Waals surface area (Å²) in [6.07, 6.45) is 2.07. The van der Waals surface area contributed by atoms with Gasteiger partial charge in [0.15, 0.2) is 11.5 Å². The Morgan fingerprint density at radius 3 is 2.91 bits per heavy atom. The SMILES string of the molecule is Cc1ncsc1CCN(C)C(=O)CCc1ccc2c(c1)OCO2. The maximum Gasteiger partial charge on any atom is 0.231 e. The van der Waals surface area contributed by atoms with Gasteiger partial charge in [-0.25, -0.2) is 4.98 Å². The third-order valence-corrected chi connectivity index (χ3v) is 5.00. The van der Waals surface area contributed by atoms with Gasteiger partial charge >= 0.3 is 0 Å². The monoisotopic (exact) mass is 332 g/mol. The summed E-state index contributed by atoms with van der Waals surface area (Å²) < 4.78 is 10.7.